The van der Waals surface area contributed by atoms with Gasteiger partial charge in [-0.25, -0.2) is 8.42 Å². The lowest BCUT2D eigenvalue weighted by atomic mass is 10.3. The van der Waals surface area contributed by atoms with Crippen LogP contribution in [-0.4, -0.2) is 37.0 Å². The molecule has 0 saturated carbocycles. The van der Waals surface area contributed by atoms with Gasteiger partial charge in [-0.15, -0.1) is 11.6 Å². The van der Waals surface area contributed by atoms with Crippen LogP contribution in [0.4, 0.5) is 5.69 Å². The normalized spacial score (nSPS) is 12.7. The number of non-ortho nitro benzene ring substituents is 1. The third-order valence-electron chi connectivity index (χ3n) is 2.46. The minimum Gasteiger partial charge on any atom is -0.464 e. The number of nitro groups is 1. The molecule has 0 spiro atoms. The molecular weight excluding hydrogens is 310 g/mol. The molecule has 0 aliphatic heterocycles. The van der Waals surface area contributed by atoms with Crippen LogP contribution < -0.4 is 0 Å². The summed E-state index contributed by atoms with van der Waals surface area (Å²) in [6.07, 6.45) is 0. The highest BCUT2D eigenvalue weighted by Gasteiger charge is 2.28. The van der Waals surface area contributed by atoms with E-state index in [-0.39, 0.29) is 23.1 Å². The average Bonchev–Trinajstić information content (AvgIpc) is 2.38. The number of carbonyl (C=O) groups excluding carboxylic acids is 1. The minimum absolute atomic E-state index is 0.110. The maximum absolute atomic E-state index is 12.2. The molecule has 0 amide bonds. The summed E-state index contributed by atoms with van der Waals surface area (Å²) in [5.74, 6) is -0.869. The summed E-state index contributed by atoms with van der Waals surface area (Å²) in [5, 5.41) is 9.40. The molecule has 110 valence electrons. The number of nitro benzene ring substituents is 1. The van der Waals surface area contributed by atoms with Gasteiger partial charge in [0.15, 0.2) is 9.84 Å². The topological polar surface area (TPSA) is 104 Å². The maximum atomic E-state index is 12.2. The van der Waals surface area contributed by atoms with E-state index < -0.39 is 26.0 Å². The second-order valence-corrected chi connectivity index (χ2v) is 6.41. The van der Waals surface area contributed by atoms with Gasteiger partial charge in [0.05, 0.1) is 9.82 Å². The van der Waals surface area contributed by atoms with Crippen molar-refractivity contribution < 1.29 is 22.9 Å². The van der Waals surface area contributed by atoms with Crippen molar-refractivity contribution in [3.05, 3.63) is 34.4 Å². The molecule has 0 heterocycles. The van der Waals surface area contributed by atoms with Gasteiger partial charge in [0.2, 0.25) is 0 Å². The Labute approximate surface area is 120 Å². The zero-order valence-corrected chi connectivity index (χ0v) is 12.1. The van der Waals surface area contributed by atoms with Crippen molar-refractivity contribution in [3.63, 3.8) is 0 Å². The molecule has 0 aliphatic carbocycles. The number of alkyl halides is 1. The highest BCUT2D eigenvalue weighted by Crippen LogP contribution is 2.21. The number of esters is 1. The van der Waals surface area contributed by atoms with Gasteiger partial charge < -0.3 is 4.74 Å². The Morgan fingerprint density at radius 2 is 1.95 bits per heavy atom. The summed E-state index contributed by atoms with van der Waals surface area (Å²) < 4.78 is 29.1. The van der Waals surface area contributed by atoms with Crippen LogP contribution in [0.25, 0.3) is 0 Å². The lowest BCUT2D eigenvalue weighted by molar-refractivity contribution is -0.384. The lowest BCUT2D eigenvalue weighted by Crippen LogP contribution is -2.29. The Morgan fingerprint density at radius 1 is 1.40 bits per heavy atom. The molecule has 1 atom stereocenters. The van der Waals surface area contributed by atoms with Gasteiger partial charge in [0.25, 0.3) is 5.69 Å². The highest BCUT2D eigenvalue weighted by molar-refractivity contribution is 7.92. The summed E-state index contributed by atoms with van der Waals surface area (Å²) >= 11 is 5.59. The van der Waals surface area contributed by atoms with Gasteiger partial charge in [-0.3, -0.25) is 14.9 Å². The van der Waals surface area contributed by atoms with Crippen LogP contribution in [0.1, 0.15) is 6.92 Å². The predicted molar refractivity (Wildman–Crippen MR) is 71.4 cm³/mol. The third kappa shape index (κ3) is 3.91. The van der Waals surface area contributed by atoms with Gasteiger partial charge in [-0.05, 0) is 12.1 Å². The number of carbonyl (C=O) groups is 1. The van der Waals surface area contributed by atoms with Gasteiger partial charge in [-0.1, -0.05) is 0 Å². The fourth-order valence-corrected chi connectivity index (χ4v) is 3.28. The predicted octanol–water partition coefficient (Wildman–Crippen LogP) is 1.54. The first-order chi connectivity index (χ1) is 9.28. The van der Waals surface area contributed by atoms with Gasteiger partial charge in [0, 0.05) is 24.9 Å². The Morgan fingerprint density at radius 3 is 2.35 bits per heavy atom. The summed E-state index contributed by atoms with van der Waals surface area (Å²) in [6.45, 7) is 0.794. The molecule has 7 nitrogen and oxygen atoms in total. The number of rotatable bonds is 6. The fraction of sp³-hybridized carbons (Fsp3) is 0.364. The standard InChI is InChI=1S/C11H12ClNO6S/c1-8(14)19-7-11(6-12)20(17,18)10-4-2-9(3-5-10)13(15)16/h2-5,11H,6-7H2,1H3. The second-order valence-electron chi connectivity index (χ2n) is 3.87. The molecule has 0 aliphatic rings. The molecule has 20 heavy (non-hydrogen) atoms. The highest BCUT2D eigenvalue weighted by atomic mass is 35.5. The average molecular weight is 322 g/mol. The van der Waals surface area contributed by atoms with Crippen LogP contribution >= 0.6 is 11.6 Å². The molecule has 1 unspecified atom stereocenters. The number of halogens is 1. The van der Waals surface area contributed by atoms with Gasteiger partial charge in [0.1, 0.15) is 11.9 Å². The summed E-state index contributed by atoms with van der Waals surface area (Å²) in [6, 6.07) is 4.43. The third-order valence-corrected chi connectivity index (χ3v) is 5.12. The summed E-state index contributed by atoms with van der Waals surface area (Å²) in [5.41, 5.74) is -0.216. The van der Waals surface area contributed by atoms with E-state index in [0.717, 1.165) is 31.2 Å². The number of hydrogen-bond acceptors (Lipinski definition) is 6. The lowest BCUT2D eigenvalue weighted by Gasteiger charge is -2.14. The molecule has 1 aromatic carbocycles. The molecule has 0 aromatic heterocycles. The van der Waals surface area contributed by atoms with E-state index in [4.69, 9.17) is 11.6 Å². The summed E-state index contributed by atoms with van der Waals surface area (Å²) in [7, 11) is -3.82. The minimum atomic E-state index is -3.82. The van der Waals surface area contributed by atoms with Gasteiger partial charge in [-0.2, -0.15) is 0 Å². The van der Waals surface area contributed by atoms with E-state index >= 15 is 0 Å². The molecule has 0 N–H and O–H groups in total. The second kappa shape index (κ2) is 6.67. The molecule has 0 fully saturated rings. The monoisotopic (exact) mass is 321 g/mol. The van der Waals surface area contributed by atoms with Crippen molar-refractivity contribution in [1.82, 2.24) is 0 Å². The molecule has 0 radical (unpaired) electrons. The van der Waals surface area contributed by atoms with E-state index in [2.05, 4.69) is 4.74 Å². The Bertz CT molecular complexity index is 598. The van der Waals surface area contributed by atoms with Crippen LogP contribution in [0.2, 0.25) is 0 Å². The van der Waals surface area contributed by atoms with E-state index in [0.29, 0.717) is 0 Å². The van der Waals surface area contributed by atoms with Crippen molar-refractivity contribution in [1.29, 1.82) is 0 Å². The van der Waals surface area contributed by atoms with E-state index in [1.807, 2.05) is 0 Å². The molecule has 1 aromatic rings. The quantitative estimate of drug-likeness (QED) is 0.341. The molecule has 1 rings (SSSR count). The number of ether oxygens (including phenoxy) is 1. The Balaban J connectivity index is 3.01. The SMILES string of the molecule is CC(=O)OCC(CCl)S(=O)(=O)c1ccc([N+](=O)[O-])cc1. The van der Waals surface area contributed by atoms with Crippen LogP contribution in [-0.2, 0) is 19.4 Å². The first-order valence-corrected chi connectivity index (χ1v) is 7.54. The van der Waals surface area contributed by atoms with Crippen LogP contribution in [0, 0.1) is 10.1 Å². The number of nitrogens with zero attached hydrogens (tertiary/aromatic N) is 1. The number of sulfone groups is 1. The molecule has 9 heteroatoms. The van der Waals surface area contributed by atoms with Crippen molar-refractivity contribution >= 4 is 33.1 Å². The maximum Gasteiger partial charge on any atom is 0.302 e. The van der Waals surface area contributed by atoms with Crippen LogP contribution in [0.5, 0.6) is 0 Å². The largest absolute Gasteiger partial charge is 0.464 e. The van der Waals surface area contributed by atoms with Crippen LogP contribution in [0.15, 0.2) is 29.2 Å². The van der Waals surface area contributed by atoms with Crippen LogP contribution in [0.3, 0.4) is 0 Å². The van der Waals surface area contributed by atoms with E-state index in [9.17, 15) is 23.3 Å². The van der Waals surface area contributed by atoms with Crippen molar-refractivity contribution in [2.24, 2.45) is 0 Å². The Hall–Kier alpha value is -1.67. The summed E-state index contributed by atoms with van der Waals surface area (Å²) in [4.78, 5) is 20.5. The number of hydrogen-bond donors (Lipinski definition) is 0. The van der Waals surface area contributed by atoms with Crippen molar-refractivity contribution in [2.45, 2.75) is 17.1 Å². The van der Waals surface area contributed by atoms with E-state index in [1.54, 1.807) is 0 Å². The molecular formula is C11H12ClNO6S. The van der Waals surface area contributed by atoms with Crippen molar-refractivity contribution in [2.75, 3.05) is 12.5 Å². The first kappa shape index (κ1) is 16.4. The molecule has 0 bridgehead atoms. The Kier molecular flexibility index (Phi) is 5.46. The zero-order valence-electron chi connectivity index (χ0n) is 10.5. The molecule has 0 saturated heterocycles. The first-order valence-electron chi connectivity index (χ1n) is 5.46. The fourth-order valence-electron chi connectivity index (χ4n) is 1.38. The smallest absolute Gasteiger partial charge is 0.302 e. The van der Waals surface area contributed by atoms with Gasteiger partial charge >= 0.3 is 5.97 Å². The van der Waals surface area contributed by atoms with Crippen molar-refractivity contribution in [3.8, 4) is 0 Å². The number of benzene rings is 1. The van der Waals surface area contributed by atoms with E-state index in [1.165, 1.54) is 0 Å². The zero-order chi connectivity index (χ0) is 15.3.